The Morgan fingerprint density at radius 1 is 1.36 bits per heavy atom. The lowest BCUT2D eigenvalue weighted by Crippen LogP contribution is -2.34. The third kappa shape index (κ3) is 4.27. The highest BCUT2D eigenvalue weighted by atomic mass is 16.5. The third-order valence-electron chi connectivity index (χ3n) is 5.65. The van der Waals surface area contributed by atoms with Gasteiger partial charge in [0.05, 0.1) is 5.92 Å². The molecule has 1 atom stereocenters. The standard InChI is InChI=1S/C24H31N3O/c1-6-10-19(7-2)18(5)27-14-9-11-22(16-27)24-25-23(26-28-24)21-13-12-17(4)20(8-3)15-21/h6,10,12-13,15,22H,1,5,7-9,11,14,16H2,2-4H3/b19-10+. The van der Waals surface area contributed by atoms with E-state index in [0.717, 1.165) is 55.9 Å². The van der Waals surface area contributed by atoms with Crippen LogP contribution in [0.3, 0.4) is 0 Å². The molecule has 0 radical (unpaired) electrons. The Labute approximate surface area is 168 Å². The number of likely N-dealkylation sites (tertiary alicyclic amines) is 1. The van der Waals surface area contributed by atoms with Gasteiger partial charge < -0.3 is 9.42 Å². The lowest BCUT2D eigenvalue weighted by molar-refractivity contribution is 0.229. The summed E-state index contributed by atoms with van der Waals surface area (Å²) in [5.74, 6) is 1.66. The molecule has 4 nitrogen and oxygen atoms in total. The summed E-state index contributed by atoms with van der Waals surface area (Å²) in [6.07, 6.45) is 8.00. The van der Waals surface area contributed by atoms with Gasteiger partial charge >= 0.3 is 0 Å². The fourth-order valence-electron chi connectivity index (χ4n) is 3.90. The molecule has 1 aliphatic heterocycles. The molecule has 1 aromatic heterocycles. The van der Waals surface area contributed by atoms with E-state index in [4.69, 9.17) is 9.51 Å². The van der Waals surface area contributed by atoms with Crippen molar-refractivity contribution in [3.05, 3.63) is 71.8 Å². The molecule has 148 valence electrons. The zero-order chi connectivity index (χ0) is 20.1. The first kappa shape index (κ1) is 20.1. The second-order valence-electron chi connectivity index (χ2n) is 7.46. The molecule has 2 aromatic rings. The maximum absolute atomic E-state index is 5.68. The molecule has 1 unspecified atom stereocenters. The van der Waals surface area contributed by atoms with Crippen LogP contribution < -0.4 is 0 Å². The van der Waals surface area contributed by atoms with E-state index in [0.29, 0.717) is 5.82 Å². The average Bonchev–Trinajstić information content (AvgIpc) is 3.22. The van der Waals surface area contributed by atoms with Crippen LogP contribution in [-0.2, 0) is 6.42 Å². The Morgan fingerprint density at radius 2 is 2.18 bits per heavy atom. The van der Waals surface area contributed by atoms with Crippen LogP contribution in [-0.4, -0.2) is 28.1 Å². The van der Waals surface area contributed by atoms with E-state index < -0.39 is 0 Å². The normalized spacial score (nSPS) is 17.6. The number of nitrogens with zero attached hydrogens (tertiary/aromatic N) is 3. The zero-order valence-corrected chi connectivity index (χ0v) is 17.4. The van der Waals surface area contributed by atoms with Gasteiger partial charge in [-0.1, -0.05) is 56.4 Å². The van der Waals surface area contributed by atoms with Gasteiger partial charge in [0.1, 0.15) is 0 Å². The number of hydrogen-bond donors (Lipinski definition) is 0. The largest absolute Gasteiger partial charge is 0.371 e. The van der Waals surface area contributed by atoms with E-state index in [1.807, 2.05) is 6.08 Å². The molecule has 2 heterocycles. The molecule has 1 aromatic carbocycles. The highest BCUT2D eigenvalue weighted by molar-refractivity contribution is 5.57. The number of aromatic nitrogens is 2. The first-order chi connectivity index (χ1) is 13.6. The summed E-state index contributed by atoms with van der Waals surface area (Å²) < 4.78 is 5.68. The molecule has 1 aliphatic rings. The summed E-state index contributed by atoms with van der Waals surface area (Å²) in [6.45, 7) is 16.5. The van der Waals surface area contributed by atoms with Gasteiger partial charge in [0.2, 0.25) is 11.7 Å². The van der Waals surface area contributed by atoms with E-state index in [-0.39, 0.29) is 5.92 Å². The smallest absolute Gasteiger partial charge is 0.231 e. The van der Waals surface area contributed by atoms with E-state index in [1.54, 1.807) is 0 Å². The number of allylic oxidation sites excluding steroid dienone is 3. The Kier molecular flexibility index (Phi) is 6.50. The number of aryl methyl sites for hydroxylation is 2. The van der Waals surface area contributed by atoms with Crippen LogP contribution in [0.25, 0.3) is 11.4 Å². The first-order valence-corrected chi connectivity index (χ1v) is 10.3. The van der Waals surface area contributed by atoms with Gasteiger partial charge in [0, 0.05) is 24.4 Å². The minimum absolute atomic E-state index is 0.240. The monoisotopic (exact) mass is 377 g/mol. The van der Waals surface area contributed by atoms with Crippen molar-refractivity contribution < 1.29 is 4.52 Å². The Morgan fingerprint density at radius 3 is 2.89 bits per heavy atom. The van der Waals surface area contributed by atoms with Crippen LogP contribution in [0.1, 0.15) is 56.0 Å². The van der Waals surface area contributed by atoms with E-state index >= 15 is 0 Å². The molecular weight excluding hydrogens is 346 g/mol. The Balaban J connectivity index is 1.77. The number of rotatable bonds is 7. The summed E-state index contributed by atoms with van der Waals surface area (Å²) in [6, 6.07) is 6.38. The molecule has 3 rings (SSSR count). The molecule has 0 bridgehead atoms. The summed E-state index contributed by atoms with van der Waals surface area (Å²) in [7, 11) is 0. The van der Waals surface area contributed by atoms with Crippen LogP contribution >= 0.6 is 0 Å². The van der Waals surface area contributed by atoms with Crippen molar-refractivity contribution in [3.8, 4) is 11.4 Å². The van der Waals surface area contributed by atoms with E-state index in [2.05, 4.69) is 68.3 Å². The molecule has 0 saturated carbocycles. The van der Waals surface area contributed by atoms with Gasteiger partial charge in [0.15, 0.2) is 0 Å². The minimum Gasteiger partial charge on any atom is -0.371 e. The SMILES string of the molecule is C=C/C=C(\CC)C(=C)N1CCCC(c2nc(-c3ccc(C)c(CC)c3)no2)C1. The molecule has 1 saturated heterocycles. The number of piperidine rings is 1. The molecule has 0 spiro atoms. The first-order valence-electron chi connectivity index (χ1n) is 10.3. The summed E-state index contributed by atoms with van der Waals surface area (Å²) in [5, 5.41) is 4.27. The maximum Gasteiger partial charge on any atom is 0.231 e. The molecule has 28 heavy (non-hydrogen) atoms. The number of benzene rings is 1. The molecular formula is C24H31N3O. The quantitative estimate of drug-likeness (QED) is 0.570. The van der Waals surface area contributed by atoms with Gasteiger partial charge in [-0.25, -0.2) is 0 Å². The summed E-state index contributed by atoms with van der Waals surface area (Å²) in [4.78, 5) is 7.08. The summed E-state index contributed by atoms with van der Waals surface area (Å²) in [5.41, 5.74) is 5.96. The molecule has 4 heteroatoms. The van der Waals surface area contributed by atoms with Crippen molar-refractivity contribution in [2.75, 3.05) is 13.1 Å². The minimum atomic E-state index is 0.240. The van der Waals surface area contributed by atoms with Crippen LogP contribution in [0.4, 0.5) is 0 Å². The molecule has 0 aliphatic carbocycles. The second-order valence-corrected chi connectivity index (χ2v) is 7.46. The zero-order valence-electron chi connectivity index (χ0n) is 17.4. The predicted octanol–water partition coefficient (Wildman–Crippen LogP) is 5.82. The van der Waals surface area contributed by atoms with Crippen LogP contribution in [0, 0.1) is 6.92 Å². The lowest BCUT2D eigenvalue weighted by atomic mass is 9.96. The highest BCUT2D eigenvalue weighted by Crippen LogP contribution is 2.31. The van der Waals surface area contributed by atoms with Crippen LogP contribution in [0.2, 0.25) is 0 Å². The van der Waals surface area contributed by atoms with Crippen molar-refractivity contribution in [3.63, 3.8) is 0 Å². The topological polar surface area (TPSA) is 42.2 Å². The average molecular weight is 378 g/mol. The van der Waals surface area contributed by atoms with Gasteiger partial charge in [-0.05, 0) is 55.4 Å². The second kappa shape index (κ2) is 9.05. The van der Waals surface area contributed by atoms with Gasteiger partial charge in [0.25, 0.3) is 0 Å². The van der Waals surface area contributed by atoms with Crippen molar-refractivity contribution in [1.29, 1.82) is 0 Å². The van der Waals surface area contributed by atoms with E-state index in [9.17, 15) is 0 Å². The Bertz CT molecular complexity index is 878. The van der Waals surface area contributed by atoms with Crippen molar-refractivity contribution in [2.24, 2.45) is 0 Å². The van der Waals surface area contributed by atoms with Gasteiger partial charge in [-0.3, -0.25) is 0 Å². The summed E-state index contributed by atoms with van der Waals surface area (Å²) >= 11 is 0. The maximum atomic E-state index is 5.68. The predicted molar refractivity (Wildman–Crippen MR) is 115 cm³/mol. The van der Waals surface area contributed by atoms with Crippen molar-refractivity contribution >= 4 is 0 Å². The van der Waals surface area contributed by atoms with Gasteiger partial charge in [-0.2, -0.15) is 4.98 Å². The molecule has 1 fully saturated rings. The highest BCUT2D eigenvalue weighted by Gasteiger charge is 2.27. The lowest BCUT2D eigenvalue weighted by Gasteiger charge is -2.34. The molecule has 0 N–H and O–H groups in total. The van der Waals surface area contributed by atoms with Gasteiger partial charge in [-0.15, -0.1) is 0 Å². The van der Waals surface area contributed by atoms with Crippen molar-refractivity contribution in [1.82, 2.24) is 15.0 Å². The third-order valence-corrected chi connectivity index (χ3v) is 5.65. The van der Waals surface area contributed by atoms with Crippen molar-refractivity contribution in [2.45, 2.75) is 52.4 Å². The van der Waals surface area contributed by atoms with Crippen LogP contribution in [0.5, 0.6) is 0 Å². The fourth-order valence-corrected chi connectivity index (χ4v) is 3.90. The fraction of sp³-hybridized carbons (Fsp3) is 0.417. The van der Waals surface area contributed by atoms with E-state index in [1.165, 1.54) is 16.7 Å². The molecule has 0 amide bonds. The van der Waals surface area contributed by atoms with Crippen LogP contribution in [0.15, 0.2) is 59.3 Å². The Hall–Kier alpha value is -2.62. The number of hydrogen-bond acceptors (Lipinski definition) is 4.